The Morgan fingerprint density at radius 2 is 2.22 bits per heavy atom. The molecule has 1 aliphatic rings. The lowest BCUT2D eigenvalue weighted by molar-refractivity contribution is 0.139. The van der Waals surface area contributed by atoms with Gasteiger partial charge in [0, 0.05) is 18.0 Å². The summed E-state index contributed by atoms with van der Waals surface area (Å²) < 4.78 is 19.2. The topological polar surface area (TPSA) is 21.3 Å². The average molecular weight is 251 g/mol. The van der Waals surface area contributed by atoms with E-state index < -0.39 is 0 Å². The average Bonchev–Trinajstić information content (AvgIpc) is 2.38. The molecule has 1 aromatic carbocycles. The molecular formula is C15H22FNO. The Kier molecular flexibility index (Phi) is 4.59. The number of fused-ring (bicyclic) bond motifs is 1. The van der Waals surface area contributed by atoms with Crippen molar-refractivity contribution in [2.45, 2.75) is 51.2 Å². The molecule has 2 nitrogen and oxygen atoms in total. The summed E-state index contributed by atoms with van der Waals surface area (Å²) in [5, 5.41) is 3.26. The molecule has 0 saturated carbocycles. The third-order valence-corrected chi connectivity index (χ3v) is 3.62. The number of unbranched alkanes of at least 4 members (excludes halogenated alkanes) is 2. The third-order valence-electron chi connectivity index (χ3n) is 3.62. The van der Waals surface area contributed by atoms with Gasteiger partial charge in [-0.2, -0.15) is 0 Å². The highest BCUT2D eigenvalue weighted by atomic mass is 19.1. The summed E-state index contributed by atoms with van der Waals surface area (Å²) >= 11 is 0. The Morgan fingerprint density at radius 1 is 1.39 bits per heavy atom. The van der Waals surface area contributed by atoms with E-state index in [2.05, 4.69) is 12.2 Å². The molecule has 1 N–H and O–H groups in total. The number of benzene rings is 1. The molecule has 0 saturated heterocycles. The fraction of sp³-hybridized carbons (Fsp3) is 0.600. The molecule has 100 valence electrons. The molecule has 0 amide bonds. The second-order valence-electron chi connectivity index (χ2n) is 4.99. The van der Waals surface area contributed by atoms with E-state index in [0.29, 0.717) is 0 Å². The number of halogens is 1. The Labute approximate surface area is 109 Å². The van der Waals surface area contributed by atoms with Crippen molar-refractivity contribution in [1.29, 1.82) is 0 Å². The normalized spacial score (nSPS) is 22.4. The summed E-state index contributed by atoms with van der Waals surface area (Å²) in [6, 6.07) is 5.01. The van der Waals surface area contributed by atoms with E-state index in [0.717, 1.165) is 24.2 Å². The van der Waals surface area contributed by atoms with E-state index in [-0.39, 0.29) is 18.0 Å². The predicted molar refractivity (Wildman–Crippen MR) is 71.4 cm³/mol. The predicted octanol–water partition coefficient (Wildman–Crippen LogP) is 3.82. The van der Waals surface area contributed by atoms with Gasteiger partial charge in [-0.25, -0.2) is 4.39 Å². The Balaban J connectivity index is 2.08. The molecule has 0 spiro atoms. The lowest BCUT2D eigenvalue weighted by Gasteiger charge is -2.32. The van der Waals surface area contributed by atoms with E-state index >= 15 is 0 Å². The fourth-order valence-electron chi connectivity index (χ4n) is 2.59. The maximum Gasteiger partial charge on any atom is 0.124 e. The van der Waals surface area contributed by atoms with Crippen LogP contribution in [0.1, 0.15) is 50.6 Å². The van der Waals surface area contributed by atoms with Gasteiger partial charge in [0.25, 0.3) is 0 Å². The van der Waals surface area contributed by atoms with Gasteiger partial charge in [0.15, 0.2) is 0 Å². The molecule has 2 atom stereocenters. The molecule has 0 radical (unpaired) electrons. The van der Waals surface area contributed by atoms with Crippen LogP contribution < -0.4 is 10.1 Å². The van der Waals surface area contributed by atoms with Crippen LogP contribution in [0.3, 0.4) is 0 Å². The highest BCUT2D eigenvalue weighted by Crippen LogP contribution is 2.36. The van der Waals surface area contributed by atoms with Gasteiger partial charge in [-0.15, -0.1) is 0 Å². The van der Waals surface area contributed by atoms with E-state index in [1.807, 2.05) is 7.05 Å². The van der Waals surface area contributed by atoms with Gasteiger partial charge in [0.1, 0.15) is 17.7 Å². The summed E-state index contributed by atoms with van der Waals surface area (Å²) in [4.78, 5) is 0. The van der Waals surface area contributed by atoms with Crippen molar-refractivity contribution < 1.29 is 9.13 Å². The van der Waals surface area contributed by atoms with Crippen molar-refractivity contribution in [2.24, 2.45) is 0 Å². The van der Waals surface area contributed by atoms with Crippen LogP contribution in [0.4, 0.5) is 4.39 Å². The monoisotopic (exact) mass is 251 g/mol. The lowest BCUT2D eigenvalue weighted by atomic mass is 9.94. The smallest absolute Gasteiger partial charge is 0.124 e. The molecule has 1 aromatic rings. The molecule has 0 aromatic heterocycles. The van der Waals surface area contributed by atoms with E-state index in [4.69, 9.17) is 4.74 Å². The van der Waals surface area contributed by atoms with Crippen LogP contribution in [0.15, 0.2) is 18.2 Å². The van der Waals surface area contributed by atoms with Crippen molar-refractivity contribution in [1.82, 2.24) is 5.32 Å². The molecule has 2 unspecified atom stereocenters. The molecule has 1 heterocycles. The van der Waals surface area contributed by atoms with Crippen LogP contribution in [-0.4, -0.2) is 13.2 Å². The highest BCUT2D eigenvalue weighted by molar-refractivity contribution is 5.38. The number of rotatable bonds is 5. The molecule has 0 fully saturated rings. The zero-order chi connectivity index (χ0) is 13.0. The van der Waals surface area contributed by atoms with Crippen molar-refractivity contribution in [3.05, 3.63) is 29.6 Å². The summed E-state index contributed by atoms with van der Waals surface area (Å²) in [6.07, 6.45) is 5.95. The molecule has 18 heavy (non-hydrogen) atoms. The van der Waals surface area contributed by atoms with Crippen molar-refractivity contribution in [3.8, 4) is 5.75 Å². The number of ether oxygens (including phenoxy) is 1. The lowest BCUT2D eigenvalue weighted by Crippen LogP contribution is -2.31. The standard InChI is InChI=1S/C15H22FNO/c1-3-4-5-6-12-10-14(17-2)13-9-11(16)7-8-15(13)18-12/h7-9,12,14,17H,3-6,10H2,1-2H3. The minimum absolute atomic E-state index is 0.193. The zero-order valence-electron chi connectivity index (χ0n) is 11.2. The quantitative estimate of drug-likeness (QED) is 0.803. The van der Waals surface area contributed by atoms with E-state index in [1.54, 1.807) is 12.1 Å². The molecule has 0 bridgehead atoms. The Hall–Kier alpha value is -1.09. The fourth-order valence-corrected chi connectivity index (χ4v) is 2.59. The van der Waals surface area contributed by atoms with Crippen LogP contribution in [0.25, 0.3) is 0 Å². The first-order valence-corrected chi connectivity index (χ1v) is 6.88. The van der Waals surface area contributed by atoms with Gasteiger partial charge in [-0.3, -0.25) is 0 Å². The minimum Gasteiger partial charge on any atom is -0.490 e. The third kappa shape index (κ3) is 3.02. The van der Waals surface area contributed by atoms with E-state index in [1.165, 1.54) is 25.3 Å². The van der Waals surface area contributed by atoms with Crippen molar-refractivity contribution >= 4 is 0 Å². The first kappa shape index (κ1) is 13.3. The maximum absolute atomic E-state index is 13.3. The first-order chi connectivity index (χ1) is 8.74. The number of hydrogen-bond donors (Lipinski definition) is 1. The van der Waals surface area contributed by atoms with Crippen LogP contribution >= 0.6 is 0 Å². The maximum atomic E-state index is 13.3. The van der Waals surface area contributed by atoms with Gasteiger partial charge in [-0.05, 0) is 38.1 Å². The van der Waals surface area contributed by atoms with Crippen molar-refractivity contribution in [3.63, 3.8) is 0 Å². The number of hydrogen-bond acceptors (Lipinski definition) is 2. The molecular weight excluding hydrogens is 229 g/mol. The van der Waals surface area contributed by atoms with Crippen LogP contribution in [0.5, 0.6) is 5.75 Å². The SMILES string of the molecule is CCCCCC1CC(NC)c2cc(F)ccc2O1. The first-order valence-electron chi connectivity index (χ1n) is 6.88. The molecule has 2 rings (SSSR count). The number of nitrogens with one attached hydrogen (secondary N) is 1. The second-order valence-corrected chi connectivity index (χ2v) is 4.99. The van der Waals surface area contributed by atoms with Crippen LogP contribution in [-0.2, 0) is 0 Å². The summed E-state index contributed by atoms with van der Waals surface area (Å²) in [5.74, 6) is 0.644. The molecule has 3 heteroatoms. The van der Waals surface area contributed by atoms with E-state index in [9.17, 15) is 4.39 Å². The highest BCUT2D eigenvalue weighted by Gasteiger charge is 2.27. The van der Waals surface area contributed by atoms with Gasteiger partial charge in [0.05, 0.1) is 0 Å². The van der Waals surface area contributed by atoms with Gasteiger partial charge in [-0.1, -0.05) is 19.8 Å². The summed E-state index contributed by atoms with van der Waals surface area (Å²) in [6.45, 7) is 2.20. The van der Waals surface area contributed by atoms with Gasteiger partial charge < -0.3 is 10.1 Å². The van der Waals surface area contributed by atoms with Crippen LogP contribution in [0, 0.1) is 5.82 Å². The Bertz CT molecular complexity index is 394. The molecule has 0 aliphatic carbocycles. The summed E-state index contributed by atoms with van der Waals surface area (Å²) in [7, 11) is 1.92. The Morgan fingerprint density at radius 3 is 2.94 bits per heavy atom. The second kappa shape index (κ2) is 6.19. The summed E-state index contributed by atoms with van der Waals surface area (Å²) in [5.41, 5.74) is 0.948. The largest absolute Gasteiger partial charge is 0.490 e. The van der Waals surface area contributed by atoms with Crippen molar-refractivity contribution in [2.75, 3.05) is 7.05 Å². The zero-order valence-corrected chi connectivity index (χ0v) is 11.2. The van der Waals surface area contributed by atoms with Crippen LogP contribution in [0.2, 0.25) is 0 Å². The minimum atomic E-state index is -0.193. The van der Waals surface area contributed by atoms with Gasteiger partial charge in [0.2, 0.25) is 0 Å². The molecule has 1 aliphatic heterocycles. The van der Waals surface area contributed by atoms with Gasteiger partial charge >= 0.3 is 0 Å².